The van der Waals surface area contributed by atoms with E-state index in [2.05, 4.69) is 39.4 Å². The van der Waals surface area contributed by atoms with E-state index in [0.29, 0.717) is 41.7 Å². The molecule has 2 aromatic heterocycles. The summed E-state index contributed by atoms with van der Waals surface area (Å²) in [5, 5.41) is 2.79. The van der Waals surface area contributed by atoms with Gasteiger partial charge in [0.05, 0.1) is 22.2 Å². The second kappa shape index (κ2) is 15.5. The first kappa shape index (κ1) is 39.1. The molecule has 0 aliphatic carbocycles. The quantitative estimate of drug-likeness (QED) is 0.231. The number of imidazole rings is 1. The number of aryl methyl sites for hydroxylation is 2. The van der Waals surface area contributed by atoms with Crippen LogP contribution in [0.3, 0.4) is 0 Å². The molecule has 304 valence electrons. The molecule has 0 saturated carbocycles. The van der Waals surface area contributed by atoms with Crippen LogP contribution in [0.15, 0.2) is 59.4 Å². The lowest BCUT2D eigenvalue weighted by Gasteiger charge is -2.36. The topological polar surface area (TPSA) is 125 Å². The van der Waals surface area contributed by atoms with Gasteiger partial charge in [-0.1, -0.05) is 24.3 Å². The van der Waals surface area contributed by atoms with Crippen molar-refractivity contribution in [2.45, 2.75) is 51.0 Å². The largest absolute Gasteiger partial charge is 0.369 e. The van der Waals surface area contributed by atoms with Gasteiger partial charge in [0.2, 0.25) is 17.7 Å². The molecule has 0 bridgehead atoms. The number of anilines is 1. The highest BCUT2D eigenvalue weighted by molar-refractivity contribution is 6.04. The van der Waals surface area contributed by atoms with Gasteiger partial charge in [-0.05, 0) is 67.1 Å². The number of hydrogen-bond acceptors (Lipinski definition) is 7. The molecule has 5 heterocycles. The molecule has 3 saturated heterocycles. The Kier molecular flexibility index (Phi) is 10.5. The first-order chi connectivity index (χ1) is 27.8. The molecule has 0 radical (unpaired) electrons. The molecule has 8 rings (SSSR count). The number of hydrogen-bond donors (Lipinski definition) is 1. The SMILES string of the molecule is CC(=O)N1CCC[C@H](c2c(F)c3cc(C(=O)N(C)C)cc(-c4ccc(N5CCN(CCc6cccc7c6n(C)c(=O)n7C6CCC(=O)NC6=O)CC5)cc4)c3n2C)C1. The molecule has 58 heavy (non-hydrogen) atoms. The number of nitrogens with one attached hydrogen (secondary N) is 1. The molecule has 5 aromatic rings. The van der Waals surface area contributed by atoms with Crippen LogP contribution in [-0.2, 0) is 34.9 Å². The zero-order chi connectivity index (χ0) is 41.0. The summed E-state index contributed by atoms with van der Waals surface area (Å²) >= 11 is 0. The summed E-state index contributed by atoms with van der Waals surface area (Å²) in [7, 11) is 7.01. The lowest BCUT2D eigenvalue weighted by Crippen LogP contribution is -2.47. The summed E-state index contributed by atoms with van der Waals surface area (Å²) in [6.07, 6.45) is 2.82. The van der Waals surface area contributed by atoms with Crippen molar-refractivity contribution in [3.63, 3.8) is 0 Å². The van der Waals surface area contributed by atoms with Crippen molar-refractivity contribution < 1.29 is 23.6 Å². The Hall–Kier alpha value is -5.76. The number of aromatic nitrogens is 3. The van der Waals surface area contributed by atoms with Crippen molar-refractivity contribution in [2.75, 3.05) is 64.8 Å². The van der Waals surface area contributed by atoms with E-state index in [1.165, 1.54) is 9.47 Å². The number of fused-ring (bicyclic) bond motifs is 2. The Morgan fingerprint density at radius 2 is 1.64 bits per heavy atom. The second-order valence-electron chi connectivity index (χ2n) is 16.3. The van der Waals surface area contributed by atoms with E-state index in [4.69, 9.17) is 0 Å². The second-order valence-corrected chi connectivity index (χ2v) is 16.3. The number of piperazine rings is 1. The molecule has 4 amide bonds. The van der Waals surface area contributed by atoms with E-state index in [1.807, 2.05) is 35.9 Å². The molecule has 3 fully saturated rings. The van der Waals surface area contributed by atoms with E-state index < -0.39 is 11.9 Å². The molecule has 3 aromatic carbocycles. The Morgan fingerprint density at radius 3 is 2.33 bits per heavy atom. The molecule has 2 atom stereocenters. The standard InChI is InChI=1S/C44H51FN8O5/c1-27(54)52-18-7-9-30(26-52)40-38(45)34-25-31(43(57)47(2)3)24-33(41(34)48(40)4)28-11-13-32(14-12-28)51-22-20-50(21-23-51)19-17-29-8-6-10-35-39(29)49(5)44(58)53(35)36-15-16-37(55)46-42(36)56/h6,8,10-14,24-25,30,36H,7,9,15-23,26H2,1-5H3,(H,46,55,56)/t30-,36?/m0/s1. The molecular weight excluding hydrogens is 740 g/mol. The van der Waals surface area contributed by atoms with Crippen molar-refractivity contribution >= 4 is 51.3 Å². The monoisotopic (exact) mass is 790 g/mol. The predicted octanol–water partition coefficient (Wildman–Crippen LogP) is 4.41. The zero-order valence-corrected chi connectivity index (χ0v) is 33.9. The summed E-state index contributed by atoms with van der Waals surface area (Å²) in [4.78, 5) is 71.5. The first-order valence-corrected chi connectivity index (χ1v) is 20.2. The van der Waals surface area contributed by atoms with Gasteiger partial charge >= 0.3 is 5.69 Å². The molecule has 1 N–H and O–H groups in total. The average Bonchev–Trinajstić information content (AvgIpc) is 3.63. The Labute approximate surface area is 336 Å². The molecule has 1 unspecified atom stereocenters. The number of carbonyl (C=O) groups excluding carboxylic acids is 4. The fraction of sp³-hybridized carbons (Fsp3) is 0.432. The normalized spacial score (nSPS) is 19.3. The number of nitrogens with zero attached hydrogens (tertiary/aromatic N) is 7. The van der Waals surface area contributed by atoms with Crippen LogP contribution in [0.1, 0.15) is 66.2 Å². The van der Waals surface area contributed by atoms with E-state index in [0.717, 1.165) is 85.4 Å². The van der Waals surface area contributed by atoms with Crippen LogP contribution < -0.4 is 15.9 Å². The van der Waals surface area contributed by atoms with Crippen molar-refractivity contribution in [3.05, 3.63) is 87.7 Å². The lowest BCUT2D eigenvalue weighted by atomic mass is 9.94. The summed E-state index contributed by atoms with van der Waals surface area (Å²) in [6.45, 7) is 6.89. The van der Waals surface area contributed by atoms with Crippen LogP contribution in [0, 0.1) is 5.82 Å². The maximum absolute atomic E-state index is 16.5. The third kappa shape index (κ3) is 6.97. The Balaban J connectivity index is 0.988. The van der Waals surface area contributed by atoms with Gasteiger partial charge in [0.25, 0.3) is 5.91 Å². The van der Waals surface area contributed by atoms with Crippen molar-refractivity contribution in [2.24, 2.45) is 14.1 Å². The van der Waals surface area contributed by atoms with Crippen LogP contribution in [-0.4, -0.2) is 112 Å². The van der Waals surface area contributed by atoms with Crippen LogP contribution >= 0.6 is 0 Å². The van der Waals surface area contributed by atoms with Gasteiger partial charge in [0.15, 0.2) is 5.82 Å². The molecule has 3 aliphatic rings. The number of amides is 4. The van der Waals surface area contributed by atoms with Crippen molar-refractivity contribution in [1.29, 1.82) is 0 Å². The summed E-state index contributed by atoms with van der Waals surface area (Å²) in [6, 6.07) is 16.9. The van der Waals surface area contributed by atoms with Crippen LogP contribution in [0.2, 0.25) is 0 Å². The van der Waals surface area contributed by atoms with E-state index in [1.54, 1.807) is 43.6 Å². The minimum Gasteiger partial charge on any atom is -0.369 e. The average molecular weight is 791 g/mol. The highest BCUT2D eigenvalue weighted by atomic mass is 19.1. The van der Waals surface area contributed by atoms with E-state index >= 15 is 4.39 Å². The predicted molar refractivity (Wildman–Crippen MR) is 222 cm³/mol. The van der Waals surface area contributed by atoms with Crippen molar-refractivity contribution in [1.82, 2.24) is 33.7 Å². The number of piperidine rings is 2. The number of carbonyl (C=O) groups is 4. The summed E-state index contributed by atoms with van der Waals surface area (Å²) in [5.74, 6) is -1.43. The lowest BCUT2D eigenvalue weighted by molar-refractivity contribution is -0.135. The number of benzene rings is 3. The van der Waals surface area contributed by atoms with Gasteiger partial charge in [-0.15, -0.1) is 0 Å². The number of para-hydroxylation sites is 1. The number of rotatable bonds is 8. The Morgan fingerprint density at radius 1 is 0.897 bits per heavy atom. The number of likely N-dealkylation sites (tertiary alicyclic amines) is 1. The highest BCUT2D eigenvalue weighted by Gasteiger charge is 2.33. The van der Waals surface area contributed by atoms with Crippen LogP contribution in [0.25, 0.3) is 33.1 Å². The molecule has 14 heteroatoms. The van der Waals surface area contributed by atoms with Gasteiger partial charge < -0.3 is 19.3 Å². The van der Waals surface area contributed by atoms with Gasteiger partial charge in [-0.3, -0.25) is 38.5 Å². The van der Waals surface area contributed by atoms with E-state index in [-0.39, 0.29) is 41.6 Å². The fourth-order valence-corrected chi connectivity index (χ4v) is 9.42. The van der Waals surface area contributed by atoms with Gasteiger partial charge in [-0.25, -0.2) is 9.18 Å². The van der Waals surface area contributed by atoms with Crippen LogP contribution in [0.4, 0.5) is 10.1 Å². The molecule has 0 spiro atoms. The van der Waals surface area contributed by atoms with Gasteiger partial charge in [0, 0.05) is 115 Å². The minimum atomic E-state index is -0.716. The van der Waals surface area contributed by atoms with Gasteiger partial charge in [-0.2, -0.15) is 0 Å². The third-order valence-corrected chi connectivity index (χ3v) is 12.5. The zero-order valence-electron chi connectivity index (χ0n) is 33.9. The maximum atomic E-state index is 16.5. The molecule has 3 aliphatic heterocycles. The minimum absolute atomic E-state index is 0.00615. The van der Waals surface area contributed by atoms with E-state index in [9.17, 15) is 24.0 Å². The highest BCUT2D eigenvalue weighted by Crippen LogP contribution is 2.40. The van der Waals surface area contributed by atoms with Crippen LogP contribution in [0.5, 0.6) is 0 Å². The smallest absolute Gasteiger partial charge is 0.329 e. The summed E-state index contributed by atoms with van der Waals surface area (Å²) < 4.78 is 21.6. The molecule has 13 nitrogen and oxygen atoms in total. The fourth-order valence-electron chi connectivity index (χ4n) is 9.42. The number of imide groups is 1. The first-order valence-electron chi connectivity index (χ1n) is 20.2. The number of halogens is 1. The maximum Gasteiger partial charge on any atom is 0.329 e. The molecular formula is C44H51FN8O5. The van der Waals surface area contributed by atoms with Crippen molar-refractivity contribution in [3.8, 4) is 11.1 Å². The third-order valence-electron chi connectivity index (χ3n) is 12.5. The summed E-state index contributed by atoms with van der Waals surface area (Å²) in [5.41, 5.74) is 6.75. The van der Waals surface area contributed by atoms with Gasteiger partial charge in [0.1, 0.15) is 6.04 Å². The Bertz CT molecular complexity index is 2510.